The first kappa shape index (κ1) is 21.0. The van der Waals surface area contributed by atoms with Crippen molar-refractivity contribution in [3.8, 4) is 0 Å². The molecule has 0 unspecified atom stereocenters. The second-order valence-electron chi connectivity index (χ2n) is 8.56. The zero-order chi connectivity index (χ0) is 21.8. The predicted octanol–water partition coefficient (Wildman–Crippen LogP) is 6.21. The molecule has 4 rings (SSSR count). The number of carbonyl (C=O) groups is 1. The quantitative estimate of drug-likeness (QED) is 0.340. The first-order valence-corrected chi connectivity index (χ1v) is 10.8. The average molecular weight is 408 g/mol. The molecule has 4 aromatic carbocycles. The minimum absolute atomic E-state index is 0.0544. The van der Waals surface area contributed by atoms with E-state index in [1.807, 2.05) is 60.7 Å². The van der Waals surface area contributed by atoms with E-state index < -0.39 is 5.41 Å². The van der Waals surface area contributed by atoms with E-state index in [1.165, 1.54) is 0 Å². The first-order chi connectivity index (χ1) is 15.0. The molecule has 0 radical (unpaired) electrons. The minimum Gasteiger partial charge on any atom is -0.309 e. The summed E-state index contributed by atoms with van der Waals surface area (Å²) < 4.78 is 0. The van der Waals surface area contributed by atoms with Gasteiger partial charge >= 0.3 is 0 Å². The summed E-state index contributed by atoms with van der Waals surface area (Å²) >= 11 is 0. The normalized spacial score (nSPS) is 12.8. The van der Waals surface area contributed by atoms with Crippen LogP contribution in [0.15, 0.2) is 103 Å². The lowest BCUT2D eigenvalue weighted by Crippen LogP contribution is -2.46. The van der Waals surface area contributed by atoms with E-state index in [4.69, 9.17) is 0 Å². The Hall–Kier alpha value is -3.23. The number of hydrogen-bond acceptors (Lipinski definition) is 2. The molecule has 0 fully saturated rings. The van der Waals surface area contributed by atoms with Gasteiger partial charge in [-0.05, 0) is 41.9 Å². The second-order valence-corrected chi connectivity index (χ2v) is 8.56. The van der Waals surface area contributed by atoms with Crippen LogP contribution in [0, 0.1) is 5.92 Å². The molecule has 0 aliphatic carbocycles. The van der Waals surface area contributed by atoms with E-state index in [9.17, 15) is 4.79 Å². The molecule has 2 nitrogen and oxygen atoms in total. The third-order valence-electron chi connectivity index (χ3n) is 6.23. The molecule has 0 heterocycles. The van der Waals surface area contributed by atoms with Gasteiger partial charge in [0.15, 0.2) is 5.78 Å². The van der Waals surface area contributed by atoms with Crippen molar-refractivity contribution in [2.24, 2.45) is 5.92 Å². The average Bonchev–Trinajstić information content (AvgIpc) is 2.80. The maximum absolute atomic E-state index is 14.7. The molecule has 0 amide bonds. The zero-order valence-electron chi connectivity index (χ0n) is 18.5. The van der Waals surface area contributed by atoms with Crippen LogP contribution in [0.25, 0.3) is 10.8 Å². The molecule has 0 aromatic heterocycles. The van der Waals surface area contributed by atoms with Crippen molar-refractivity contribution in [3.05, 3.63) is 120 Å². The second kappa shape index (κ2) is 8.87. The van der Waals surface area contributed by atoms with Gasteiger partial charge in [-0.3, -0.25) is 4.79 Å². The Kier molecular flexibility index (Phi) is 6.01. The Balaban J connectivity index is 2.04. The van der Waals surface area contributed by atoms with E-state index in [2.05, 4.69) is 68.4 Å². The summed E-state index contributed by atoms with van der Waals surface area (Å²) in [6, 6.07) is 34.8. The number of carbonyl (C=O) groups excluding carboxylic acids is 1. The largest absolute Gasteiger partial charge is 0.309 e. The summed E-state index contributed by atoms with van der Waals surface area (Å²) in [5.74, 6) is 0.204. The standard InChI is InChI=1S/C29H29NO/c1-22(21-30(2)3)29(24-15-6-4-7-16-24,25-17-8-5-9-18-25)28(31)27-20-12-14-23-13-10-11-19-26(23)27/h4-20,22H,21H2,1-3H3/t22-/m1/s1. The van der Waals surface area contributed by atoms with Gasteiger partial charge in [0.05, 0.1) is 5.41 Å². The Labute approximate surface area is 185 Å². The van der Waals surface area contributed by atoms with Crippen LogP contribution < -0.4 is 0 Å². The van der Waals surface area contributed by atoms with Crippen LogP contribution >= 0.6 is 0 Å². The van der Waals surface area contributed by atoms with Gasteiger partial charge in [-0.1, -0.05) is 110 Å². The van der Waals surface area contributed by atoms with Crippen LogP contribution in [0.5, 0.6) is 0 Å². The van der Waals surface area contributed by atoms with Gasteiger partial charge < -0.3 is 4.90 Å². The lowest BCUT2D eigenvalue weighted by molar-refractivity contribution is 0.0853. The summed E-state index contributed by atoms with van der Waals surface area (Å²) in [5.41, 5.74) is 2.05. The van der Waals surface area contributed by atoms with Gasteiger partial charge in [0.1, 0.15) is 0 Å². The SMILES string of the molecule is C[C@H](CN(C)C)C(C(=O)c1cccc2ccccc12)(c1ccccc1)c1ccccc1. The molecule has 31 heavy (non-hydrogen) atoms. The van der Waals surface area contributed by atoms with Crippen molar-refractivity contribution in [1.29, 1.82) is 0 Å². The van der Waals surface area contributed by atoms with Crippen molar-refractivity contribution >= 4 is 16.6 Å². The van der Waals surface area contributed by atoms with Crippen LogP contribution in [0.1, 0.15) is 28.4 Å². The van der Waals surface area contributed by atoms with Crippen LogP contribution in [-0.2, 0) is 5.41 Å². The topological polar surface area (TPSA) is 20.3 Å². The predicted molar refractivity (Wildman–Crippen MR) is 130 cm³/mol. The molecule has 0 aliphatic rings. The highest BCUT2D eigenvalue weighted by molar-refractivity contribution is 6.14. The Bertz CT molecular complexity index is 1120. The van der Waals surface area contributed by atoms with E-state index >= 15 is 0 Å². The molecule has 0 saturated heterocycles. The fraction of sp³-hybridized carbons (Fsp3) is 0.207. The van der Waals surface area contributed by atoms with Crippen LogP contribution in [0.3, 0.4) is 0 Å². The van der Waals surface area contributed by atoms with Crippen molar-refractivity contribution in [1.82, 2.24) is 4.90 Å². The minimum atomic E-state index is -0.795. The lowest BCUT2D eigenvalue weighted by atomic mass is 9.62. The molecule has 0 aliphatic heterocycles. The summed E-state index contributed by atoms with van der Waals surface area (Å²) in [5, 5.41) is 2.09. The first-order valence-electron chi connectivity index (χ1n) is 10.8. The highest BCUT2D eigenvalue weighted by Gasteiger charge is 2.47. The number of hydrogen-bond donors (Lipinski definition) is 0. The lowest BCUT2D eigenvalue weighted by Gasteiger charge is -2.40. The number of ketones is 1. The molecular formula is C29H29NO. The molecular weight excluding hydrogens is 378 g/mol. The molecule has 2 heteroatoms. The monoisotopic (exact) mass is 407 g/mol. The van der Waals surface area contributed by atoms with Crippen LogP contribution in [-0.4, -0.2) is 31.3 Å². The molecule has 0 bridgehead atoms. The molecule has 0 N–H and O–H groups in total. The Morgan fingerprint density at radius 1 is 0.742 bits per heavy atom. The van der Waals surface area contributed by atoms with Gasteiger partial charge in [-0.25, -0.2) is 0 Å². The van der Waals surface area contributed by atoms with Crippen molar-refractivity contribution < 1.29 is 4.79 Å². The fourth-order valence-corrected chi connectivity index (χ4v) is 4.94. The zero-order valence-corrected chi connectivity index (χ0v) is 18.5. The van der Waals surface area contributed by atoms with Crippen LogP contribution in [0.4, 0.5) is 0 Å². The van der Waals surface area contributed by atoms with Crippen molar-refractivity contribution in [2.45, 2.75) is 12.3 Å². The maximum Gasteiger partial charge on any atom is 0.178 e. The summed E-state index contributed by atoms with van der Waals surface area (Å²) in [6.45, 7) is 2.99. The van der Waals surface area contributed by atoms with E-state index in [1.54, 1.807) is 0 Å². The highest BCUT2D eigenvalue weighted by Crippen LogP contribution is 2.43. The van der Waals surface area contributed by atoms with E-state index in [-0.39, 0.29) is 11.7 Å². The fourth-order valence-electron chi connectivity index (χ4n) is 4.94. The van der Waals surface area contributed by atoms with Gasteiger partial charge in [0.2, 0.25) is 0 Å². The smallest absolute Gasteiger partial charge is 0.178 e. The van der Waals surface area contributed by atoms with Crippen molar-refractivity contribution in [3.63, 3.8) is 0 Å². The maximum atomic E-state index is 14.7. The number of nitrogens with zero attached hydrogens (tertiary/aromatic N) is 1. The molecule has 156 valence electrons. The third-order valence-corrected chi connectivity index (χ3v) is 6.23. The Morgan fingerprint density at radius 2 is 1.26 bits per heavy atom. The van der Waals surface area contributed by atoms with Crippen LogP contribution in [0.2, 0.25) is 0 Å². The highest BCUT2D eigenvalue weighted by atomic mass is 16.1. The van der Waals surface area contributed by atoms with E-state index in [0.717, 1.165) is 34.0 Å². The summed E-state index contributed by atoms with van der Waals surface area (Å²) in [7, 11) is 4.14. The Morgan fingerprint density at radius 3 is 1.84 bits per heavy atom. The third kappa shape index (κ3) is 3.80. The molecule has 0 spiro atoms. The number of benzene rings is 4. The number of rotatable bonds is 7. The molecule has 4 aromatic rings. The number of Topliss-reactive ketones (excluding diaryl/α,β-unsaturated/α-hetero) is 1. The van der Waals surface area contributed by atoms with Gasteiger partial charge in [0.25, 0.3) is 0 Å². The van der Waals surface area contributed by atoms with Gasteiger partial charge in [-0.2, -0.15) is 0 Å². The number of fused-ring (bicyclic) bond motifs is 1. The molecule has 0 saturated carbocycles. The van der Waals surface area contributed by atoms with Crippen molar-refractivity contribution in [2.75, 3.05) is 20.6 Å². The van der Waals surface area contributed by atoms with Gasteiger partial charge in [-0.15, -0.1) is 0 Å². The van der Waals surface area contributed by atoms with E-state index in [0.29, 0.717) is 0 Å². The summed E-state index contributed by atoms with van der Waals surface area (Å²) in [6.07, 6.45) is 0. The van der Waals surface area contributed by atoms with Gasteiger partial charge in [0, 0.05) is 12.1 Å². The summed E-state index contributed by atoms with van der Waals surface area (Å²) in [4.78, 5) is 16.9. The molecule has 1 atom stereocenters.